The average molecular weight is 280 g/mol. The van der Waals surface area contributed by atoms with Gasteiger partial charge in [0.05, 0.1) is 0 Å². The molecule has 1 aliphatic rings. The van der Waals surface area contributed by atoms with Crippen LogP contribution in [0, 0.1) is 0 Å². The molecule has 1 atom stereocenters. The third kappa shape index (κ3) is 5.12. The summed E-state index contributed by atoms with van der Waals surface area (Å²) >= 11 is 2.02. The number of ether oxygens (including phenoxy) is 1. The van der Waals surface area contributed by atoms with Crippen LogP contribution < -0.4 is 15.8 Å². The number of amides is 1. The number of nitrogens with one attached hydrogen (secondary N) is 1. The largest absolute Gasteiger partial charge is 0.484 e. The molecular weight excluding hydrogens is 260 g/mol. The van der Waals surface area contributed by atoms with Crippen molar-refractivity contribution in [1.29, 1.82) is 0 Å². The second-order valence-electron chi connectivity index (χ2n) is 4.66. The summed E-state index contributed by atoms with van der Waals surface area (Å²) in [6.45, 7) is 0.937. The highest BCUT2D eigenvalue weighted by Crippen LogP contribution is 2.17. The van der Waals surface area contributed by atoms with Gasteiger partial charge in [-0.15, -0.1) is 0 Å². The summed E-state index contributed by atoms with van der Waals surface area (Å²) in [4.78, 5) is 10.6. The van der Waals surface area contributed by atoms with Gasteiger partial charge in [-0.2, -0.15) is 11.8 Å². The van der Waals surface area contributed by atoms with E-state index in [0.717, 1.165) is 13.0 Å². The van der Waals surface area contributed by atoms with Gasteiger partial charge in [-0.05, 0) is 42.8 Å². The Morgan fingerprint density at radius 3 is 2.84 bits per heavy atom. The predicted molar refractivity (Wildman–Crippen MR) is 78.6 cm³/mol. The molecule has 0 unspecified atom stereocenters. The van der Waals surface area contributed by atoms with Gasteiger partial charge in [0.2, 0.25) is 0 Å². The SMILES string of the molecule is NC(=O)COc1ccc(CCN[C@@H]2CCSC2)cc1. The van der Waals surface area contributed by atoms with Crippen molar-refractivity contribution >= 4 is 17.7 Å². The lowest BCUT2D eigenvalue weighted by molar-refractivity contribution is -0.119. The van der Waals surface area contributed by atoms with Crippen LogP contribution in [0.4, 0.5) is 0 Å². The van der Waals surface area contributed by atoms with Gasteiger partial charge in [0.15, 0.2) is 6.61 Å². The molecule has 1 fully saturated rings. The van der Waals surface area contributed by atoms with Gasteiger partial charge >= 0.3 is 0 Å². The fraction of sp³-hybridized carbons (Fsp3) is 0.500. The average Bonchev–Trinajstić information content (AvgIpc) is 2.91. The van der Waals surface area contributed by atoms with E-state index in [-0.39, 0.29) is 6.61 Å². The highest BCUT2D eigenvalue weighted by Gasteiger charge is 2.13. The Labute approximate surface area is 118 Å². The van der Waals surface area contributed by atoms with Gasteiger partial charge in [-0.3, -0.25) is 4.79 Å². The summed E-state index contributed by atoms with van der Waals surface area (Å²) in [6.07, 6.45) is 2.29. The quantitative estimate of drug-likeness (QED) is 0.787. The smallest absolute Gasteiger partial charge is 0.255 e. The molecule has 2 rings (SSSR count). The van der Waals surface area contributed by atoms with Gasteiger partial charge in [0.25, 0.3) is 5.91 Å². The fourth-order valence-corrected chi connectivity index (χ4v) is 3.21. The van der Waals surface area contributed by atoms with Crippen molar-refractivity contribution in [2.75, 3.05) is 24.7 Å². The van der Waals surface area contributed by atoms with Crippen LogP contribution in [0.5, 0.6) is 5.75 Å². The van der Waals surface area contributed by atoms with E-state index in [0.29, 0.717) is 11.8 Å². The summed E-state index contributed by atoms with van der Waals surface area (Å²) < 4.78 is 5.22. The molecule has 1 saturated heterocycles. The maximum Gasteiger partial charge on any atom is 0.255 e. The molecule has 3 N–H and O–H groups in total. The molecule has 0 aliphatic carbocycles. The molecule has 0 radical (unpaired) electrons. The Bertz CT molecular complexity index is 402. The minimum atomic E-state index is -0.456. The summed E-state index contributed by atoms with van der Waals surface area (Å²) in [5.41, 5.74) is 6.29. The summed E-state index contributed by atoms with van der Waals surface area (Å²) in [5.74, 6) is 2.74. The minimum Gasteiger partial charge on any atom is -0.484 e. The van der Waals surface area contributed by atoms with Gasteiger partial charge in [-0.25, -0.2) is 0 Å². The van der Waals surface area contributed by atoms with Gasteiger partial charge in [0.1, 0.15) is 5.75 Å². The highest BCUT2D eigenvalue weighted by atomic mass is 32.2. The number of hydrogen-bond donors (Lipinski definition) is 2. The van der Waals surface area contributed by atoms with Crippen molar-refractivity contribution < 1.29 is 9.53 Å². The maximum absolute atomic E-state index is 10.6. The predicted octanol–water partition coefficient (Wildman–Crippen LogP) is 1.19. The van der Waals surface area contributed by atoms with Crippen molar-refractivity contribution in [3.8, 4) is 5.75 Å². The van der Waals surface area contributed by atoms with Crippen LogP contribution in [-0.4, -0.2) is 36.6 Å². The monoisotopic (exact) mass is 280 g/mol. The van der Waals surface area contributed by atoms with Crippen LogP contribution in [0.25, 0.3) is 0 Å². The number of carbonyl (C=O) groups is 1. The molecule has 104 valence electrons. The molecule has 1 amide bonds. The molecule has 0 bridgehead atoms. The van der Waals surface area contributed by atoms with Crippen molar-refractivity contribution in [1.82, 2.24) is 5.32 Å². The van der Waals surface area contributed by atoms with Crippen molar-refractivity contribution in [2.45, 2.75) is 18.9 Å². The Kier molecular flexibility index (Phi) is 5.54. The third-order valence-corrected chi connectivity index (χ3v) is 4.24. The first-order valence-corrected chi connectivity index (χ1v) is 7.70. The van der Waals surface area contributed by atoms with Crippen LogP contribution in [0.15, 0.2) is 24.3 Å². The zero-order valence-electron chi connectivity index (χ0n) is 10.9. The normalized spacial score (nSPS) is 18.4. The molecule has 4 nitrogen and oxygen atoms in total. The van der Waals surface area contributed by atoms with E-state index >= 15 is 0 Å². The zero-order valence-corrected chi connectivity index (χ0v) is 11.7. The fourth-order valence-electron chi connectivity index (χ4n) is 2.02. The number of benzene rings is 1. The molecule has 0 spiro atoms. The molecule has 1 aromatic rings. The second-order valence-corrected chi connectivity index (χ2v) is 5.81. The molecule has 19 heavy (non-hydrogen) atoms. The third-order valence-electron chi connectivity index (χ3n) is 3.08. The molecule has 1 heterocycles. The van der Waals surface area contributed by atoms with Crippen molar-refractivity contribution in [3.05, 3.63) is 29.8 Å². The molecule has 5 heteroatoms. The summed E-state index contributed by atoms with van der Waals surface area (Å²) in [5, 5.41) is 3.57. The first-order chi connectivity index (χ1) is 9.24. The summed E-state index contributed by atoms with van der Waals surface area (Å²) in [6, 6.07) is 8.50. The van der Waals surface area contributed by atoms with E-state index in [1.54, 1.807) is 0 Å². The second kappa shape index (κ2) is 7.40. The van der Waals surface area contributed by atoms with E-state index < -0.39 is 5.91 Å². The molecule has 0 saturated carbocycles. The first-order valence-electron chi connectivity index (χ1n) is 6.55. The highest BCUT2D eigenvalue weighted by molar-refractivity contribution is 7.99. The minimum absolute atomic E-state index is 0.0692. The zero-order chi connectivity index (χ0) is 13.5. The number of primary amides is 1. The maximum atomic E-state index is 10.6. The van der Waals surface area contributed by atoms with Gasteiger partial charge < -0.3 is 15.8 Å². The van der Waals surface area contributed by atoms with E-state index in [1.807, 2.05) is 36.0 Å². The molecule has 1 aromatic carbocycles. The lowest BCUT2D eigenvalue weighted by Crippen LogP contribution is -2.30. The molecule has 0 aromatic heterocycles. The van der Waals surface area contributed by atoms with E-state index in [4.69, 9.17) is 10.5 Å². The van der Waals surface area contributed by atoms with E-state index in [2.05, 4.69) is 5.32 Å². The van der Waals surface area contributed by atoms with Crippen LogP contribution in [0.3, 0.4) is 0 Å². The number of rotatable bonds is 7. The Hall–Kier alpha value is -1.20. The van der Waals surface area contributed by atoms with Crippen LogP contribution >= 0.6 is 11.8 Å². The van der Waals surface area contributed by atoms with Gasteiger partial charge in [-0.1, -0.05) is 12.1 Å². The first kappa shape index (κ1) is 14.2. The molecular formula is C14H20N2O2S. The van der Waals surface area contributed by atoms with E-state index in [1.165, 1.54) is 23.5 Å². The van der Waals surface area contributed by atoms with Crippen LogP contribution in [0.2, 0.25) is 0 Å². The number of carbonyl (C=O) groups excluding carboxylic acids is 1. The Morgan fingerprint density at radius 1 is 1.42 bits per heavy atom. The lowest BCUT2D eigenvalue weighted by atomic mass is 10.1. The Morgan fingerprint density at radius 2 is 2.21 bits per heavy atom. The summed E-state index contributed by atoms with van der Waals surface area (Å²) in [7, 11) is 0. The number of thioether (sulfide) groups is 1. The molecule has 1 aliphatic heterocycles. The van der Waals surface area contributed by atoms with Crippen molar-refractivity contribution in [3.63, 3.8) is 0 Å². The van der Waals surface area contributed by atoms with E-state index in [9.17, 15) is 4.79 Å². The Balaban J connectivity index is 1.70. The standard InChI is InChI=1S/C14H20N2O2S/c15-14(17)9-18-13-3-1-11(2-4-13)5-7-16-12-6-8-19-10-12/h1-4,12,16H,5-10H2,(H2,15,17)/t12-/m1/s1. The topological polar surface area (TPSA) is 64.4 Å². The van der Waals surface area contributed by atoms with Crippen LogP contribution in [-0.2, 0) is 11.2 Å². The van der Waals surface area contributed by atoms with Gasteiger partial charge in [0, 0.05) is 11.8 Å². The number of hydrogen-bond acceptors (Lipinski definition) is 4. The number of nitrogens with two attached hydrogens (primary N) is 1. The lowest BCUT2D eigenvalue weighted by Gasteiger charge is -2.11. The van der Waals surface area contributed by atoms with Crippen molar-refractivity contribution in [2.24, 2.45) is 5.73 Å². The van der Waals surface area contributed by atoms with Crippen LogP contribution in [0.1, 0.15) is 12.0 Å².